The highest BCUT2D eigenvalue weighted by Crippen LogP contribution is 2.14. The van der Waals surface area contributed by atoms with Gasteiger partial charge in [0, 0.05) is 18.6 Å². The number of aryl methyl sites for hydroxylation is 1. The zero-order valence-corrected chi connectivity index (χ0v) is 8.90. The van der Waals surface area contributed by atoms with E-state index in [1.165, 1.54) is 0 Å². The van der Waals surface area contributed by atoms with E-state index in [9.17, 15) is 0 Å². The average molecular weight is 221 g/mol. The summed E-state index contributed by atoms with van der Waals surface area (Å²) in [6, 6.07) is 3.94. The summed E-state index contributed by atoms with van der Waals surface area (Å²) in [5, 5.41) is 8.97. The fraction of sp³-hybridized carbons (Fsp3) is 0.100. The standard InChI is InChI=1S/C10H8N4.ClH/c1-8-9(6-11)10(2-3-13-8)14-5-4-12-7-14;/h2-5,7H,1H3;1H. The van der Waals surface area contributed by atoms with Gasteiger partial charge in [-0.3, -0.25) is 4.98 Å². The summed E-state index contributed by atoms with van der Waals surface area (Å²) >= 11 is 0. The highest BCUT2D eigenvalue weighted by Gasteiger charge is 2.06. The molecule has 0 radical (unpaired) electrons. The van der Waals surface area contributed by atoms with Crippen molar-refractivity contribution in [2.45, 2.75) is 6.92 Å². The molecule has 0 N–H and O–H groups in total. The molecule has 0 amide bonds. The predicted molar refractivity (Wildman–Crippen MR) is 58.1 cm³/mol. The van der Waals surface area contributed by atoms with Crippen LogP contribution in [0.1, 0.15) is 11.3 Å². The third kappa shape index (κ3) is 1.97. The number of nitrogens with zero attached hydrogens (tertiary/aromatic N) is 4. The van der Waals surface area contributed by atoms with Gasteiger partial charge in [-0.1, -0.05) is 0 Å². The molecule has 2 aromatic heterocycles. The molecule has 0 spiro atoms. The number of hydrogen-bond acceptors (Lipinski definition) is 3. The normalized spacial score (nSPS) is 9.07. The minimum Gasteiger partial charge on any atom is -0.305 e. The Balaban J connectivity index is 0.00000112. The maximum atomic E-state index is 8.97. The Bertz CT molecular complexity index is 485. The molecule has 0 bridgehead atoms. The zero-order valence-electron chi connectivity index (χ0n) is 8.08. The van der Waals surface area contributed by atoms with Crippen molar-refractivity contribution in [2.75, 3.05) is 0 Å². The maximum Gasteiger partial charge on any atom is 0.103 e. The third-order valence-electron chi connectivity index (χ3n) is 2.01. The Morgan fingerprint density at radius 2 is 2.20 bits per heavy atom. The van der Waals surface area contributed by atoms with E-state index in [-0.39, 0.29) is 12.4 Å². The van der Waals surface area contributed by atoms with Crippen LogP contribution in [0.4, 0.5) is 0 Å². The molecule has 0 aliphatic heterocycles. The number of pyridine rings is 1. The van der Waals surface area contributed by atoms with Crippen molar-refractivity contribution in [3.63, 3.8) is 0 Å². The summed E-state index contributed by atoms with van der Waals surface area (Å²) in [6.45, 7) is 1.82. The van der Waals surface area contributed by atoms with Gasteiger partial charge in [-0.25, -0.2) is 4.98 Å². The van der Waals surface area contributed by atoms with Gasteiger partial charge >= 0.3 is 0 Å². The predicted octanol–water partition coefficient (Wildman–Crippen LogP) is 1.87. The first-order valence-corrected chi connectivity index (χ1v) is 4.17. The molecule has 76 valence electrons. The number of aromatic nitrogens is 3. The van der Waals surface area contributed by atoms with Gasteiger partial charge in [-0.05, 0) is 13.0 Å². The maximum absolute atomic E-state index is 8.97. The highest BCUT2D eigenvalue weighted by atomic mass is 35.5. The highest BCUT2D eigenvalue weighted by molar-refractivity contribution is 5.85. The van der Waals surface area contributed by atoms with Crippen LogP contribution in [-0.2, 0) is 0 Å². The molecular formula is C10H9ClN4. The summed E-state index contributed by atoms with van der Waals surface area (Å²) < 4.78 is 1.80. The van der Waals surface area contributed by atoms with Crippen LogP contribution in [0.3, 0.4) is 0 Å². The molecule has 15 heavy (non-hydrogen) atoms. The lowest BCUT2D eigenvalue weighted by Gasteiger charge is -2.05. The Morgan fingerprint density at radius 1 is 1.40 bits per heavy atom. The average Bonchev–Trinajstić information content (AvgIpc) is 2.70. The quantitative estimate of drug-likeness (QED) is 0.737. The molecule has 4 nitrogen and oxygen atoms in total. The van der Waals surface area contributed by atoms with Gasteiger partial charge in [0.2, 0.25) is 0 Å². The van der Waals surface area contributed by atoms with Gasteiger partial charge in [0.15, 0.2) is 0 Å². The molecular weight excluding hydrogens is 212 g/mol. The van der Waals surface area contributed by atoms with Crippen LogP contribution in [0, 0.1) is 18.3 Å². The molecule has 0 fully saturated rings. The lowest BCUT2D eigenvalue weighted by Crippen LogP contribution is -1.98. The molecule has 5 heteroatoms. The van der Waals surface area contributed by atoms with Crippen molar-refractivity contribution in [1.29, 1.82) is 5.26 Å². The summed E-state index contributed by atoms with van der Waals surface area (Å²) in [5.41, 5.74) is 2.14. The first-order valence-electron chi connectivity index (χ1n) is 4.17. The lowest BCUT2D eigenvalue weighted by atomic mass is 10.2. The van der Waals surface area contributed by atoms with Crippen LogP contribution in [0.5, 0.6) is 0 Å². The molecule has 2 rings (SSSR count). The second-order valence-corrected chi connectivity index (χ2v) is 2.87. The van der Waals surface area contributed by atoms with Crippen LogP contribution in [0.25, 0.3) is 5.69 Å². The number of hydrogen-bond donors (Lipinski definition) is 0. The first-order chi connectivity index (χ1) is 6.83. The second kappa shape index (κ2) is 4.58. The van der Waals surface area contributed by atoms with E-state index in [1.807, 2.05) is 6.92 Å². The largest absolute Gasteiger partial charge is 0.305 e. The summed E-state index contributed by atoms with van der Waals surface area (Å²) in [4.78, 5) is 8.00. The van der Waals surface area contributed by atoms with E-state index >= 15 is 0 Å². The van der Waals surface area contributed by atoms with Crippen molar-refractivity contribution < 1.29 is 0 Å². The first kappa shape index (κ1) is 11.2. The van der Waals surface area contributed by atoms with Crippen LogP contribution >= 0.6 is 12.4 Å². The molecule has 0 atom stereocenters. The molecule has 0 saturated heterocycles. The number of nitriles is 1. The van der Waals surface area contributed by atoms with Crippen LogP contribution in [0.2, 0.25) is 0 Å². The van der Waals surface area contributed by atoms with Crippen molar-refractivity contribution in [3.8, 4) is 11.8 Å². The van der Waals surface area contributed by atoms with Gasteiger partial charge in [-0.2, -0.15) is 5.26 Å². The Labute approximate surface area is 93.6 Å². The summed E-state index contributed by atoms with van der Waals surface area (Å²) in [5.74, 6) is 0. The number of imidazole rings is 1. The van der Waals surface area contributed by atoms with E-state index < -0.39 is 0 Å². The van der Waals surface area contributed by atoms with E-state index in [0.717, 1.165) is 11.4 Å². The van der Waals surface area contributed by atoms with E-state index in [4.69, 9.17) is 5.26 Å². The van der Waals surface area contributed by atoms with Gasteiger partial charge in [0.1, 0.15) is 6.07 Å². The van der Waals surface area contributed by atoms with Crippen LogP contribution in [0.15, 0.2) is 31.0 Å². The topological polar surface area (TPSA) is 54.5 Å². The zero-order chi connectivity index (χ0) is 9.97. The SMILES string of the molecule is Cc1nccc(-n2ccnc2)c1C#N.Cl. The van der Waals surface area contributed by atoms with Crippen molar-refractivity contribution in [1.82, 2.24) is 14.5 Å². The van der Waals surface area contributed by atoms with Crippen molar-refractivity contribution >= 4 is 12.4 Å². The van der Waals surface area contributed by atoms with E-state index in [0.29, 0.717) is 5.56 Å². The fourth-order valence-corrected chi connectivity index (χ4v) is 1.31. The van der Waals surface area contributed by atoms with Gasteiger partial charge in [-0.15, -0.1) is 12.4 Å². The van der Waals surface area contributed by atoms with Crippen molar-refractivity contribution in [2.24, 2.45) is 0 Å². The third-order valence-corrected chi connectivity index (χ3v) is 2.01. The summed E-state index contributed by atoms with van der Waals surface area (Å²) in [6.07, 6.45) is 6.83. The Kier molecular flexibility index (Phi) is 3.42. The van der Waals surface area contributed by atoms with Gasteiger partial charge in [0.05, 0.1) is 23.3 Å². The Morgan fingerprint density at radius 3 is 2.80 bits per heavy atom. The van der Waals surface area contributed by atoms with E-state index in [1.54, 1.807) is 35.6 Å². The van der Waals surface area contributed by atoms with Gasteiger partial charge in [0.25, 0.3) is 0 Å². The van der Waals surface area contributed by atoms with Gasteiger partial charge < -0.3 is 4.57 Å². The minimum absolute atomic E-state index is 0. The molecule has 0 saturated carbocycles. The second-order valence-electron chi connectivity index (χ2n) is 2.87. The monoisotopic (exact) mass is 220 g/mol. The van der Waals surface area contributed by atoms with Crippen LogP contribution < -0.4 is 0 Å². The molecule has 0 aromatic carbocycles. The number of halogens is 1. The fourth-order valence-electron chi connectivity index (χ4n) is 1.31. The van der Waals surface area contributed by atoms with E-state index in [2.05, 4.69) is 16.0 Å². The minimum atomic E-state index is 0. The Hall–Kier alpha value is -1.86. The molecule has 0 unspecified atom stereocenters. The molecule has 0 aliphatic carbocycles. The molecule has 0 aliphatic rings. The number of rotatable bonds is 1. The van der Waals surface area contributed by atoms with Crippen LogP contribution in [-0.4, -0.2) is 14.5 Å². The van der Waals surface area contributed by atoms with Crippen molar-refractivity contribution in [3.05, 3.63) is 42.2 Å². The summed E-state index contributed by atoms with van der Waals surface area (Å²) in [7, 11) is 0. The smallest absolute Gasteiger partial charge is 0.103 e. The molecule has 2 heterocycles. The molecule has 2 aromatic rings. The lowest BCUT2D eigenvalue weighted by molar-refractivity contribution is 1.02.